The molecule has 2 unspecified atom stereocenters. The van der Waals surface area contributed by atoms with Crippen molar-refractivity contribution in [3.05, 3.63) is 60.0 Å². The van der Waals surface area contributed by atoms with Gasteiger partial charge < -0.3 is 24.6 Å². The quantitative estimate of drug-likeness (QED) is 0.346. The maximum atomic E-state index is 10.5. The Hall–Kier alpha value is -3.07. The van der Waals surface area contributed by atoms with E-state index >= 15 is 0 Å². The Bertz CT molecular complexity index is 1190. The highest BCUT2D eigenvalue weighted by Gasteiger charge is 2.17. The maximum Gasteiger partial charge on any atom is 0.161 e. The van der Waals surface area contributed by atoms with E-state index in [-0.39, 0.29) is 12.6 Å². The van der Waals surface area contributed by atoms with E-state index in [1.807, 2.05) is 67.2 Å². The molecule has 0 bridgehead atoms. The molecule has 2 aromatic carbocycles. The molecule has 0 fully saturated rings. The lowest BCUT2D eigenvalue weighted by atomic mass is 10.1. The topological polar surface area (TPSA) is 77.8 Å². The summed E-state index contributed by atoms with van der Waals surface area (Å²) in [5.41, 5.74) is 2.91. The zero-order chi connectivity index (χ0) is 23.2. The average molecular weight is 468 g/mol. The van der Waals surface area contributed by atoms with Gasteiger partial charge in [-0.15, -0.1) is 11.3 Å². The minimum absolute atomic E-state index is 0.0393. The number of aryl methyl sites for hydroxylation is 1. The van der Waals surface area contributed by atoms with Gasteiger partial charge in [-0.1, -0.05) is 24.3 Å². The number of nitrogens with zero attached hydrogens (tertiary/aromatic N) is 2. The van der Waals surface area contributed by atoms with Crippen LogP contribution in [0.3, 0.4) is 0 Å². The van der Waals surface area contributed by atoms with Gasteiger partial charge in [-0.25, -0.2) is 0 Å². The zero-order valence-electron chi connectivity index (χ0n) is 19.0. The molecule has 2 N–H and O–H groups in total. The van der Waals surface area contributed by atoms with Crippen LogP contribution in [0, 0.1) is 0 Å². The number of aliphatic hydroxyl groups excluding tert-OH is 1. The Morgan fingerprint density at radius 1 is 1.00 bits per heavy atom. The first-order valence-electron chi connectivity index (χ1n) is 10.9. The molecular formula is C25H29N3O4S. The number of nitrogens with one attached hydrogen (secondary N) is 1. The predicted molar refractivity (Wildman–Crippen MR) is 131 cm³/mol. The molecule has 0 amide bonds. The maximum absolute atomic E-state index is 10.5. The van der Waals surface area contributed by atoms with Gasteiger partial charge in [0.1, 0.15) is 30.8 Å². The lowest BCUT2D eigenvalue weighted by Crippen LogP contribution is -2.39. The largest absolute Gasteiger partial charge is 0.493 e. The first-order valence-corrected chi connectivity index (χ1v) is 11.7. The van der Waals surface area contributed by atoms with Gasteiger partial charge in [0.2, 0.25) is 0 Å². The molecule has 0 aliphatic carbocycles. The van der Waals surface area contributed by atoms with Gasteiger partial charge in [0, 0.05) is 25.2 Å². The summed E-state index contributed by atoms with van der Waals surface area (Å²) in [5.74, 6) is 2.10. The smallest absolute Gasteiger partial charge is 0.161 e. The predicted octanol–water partition coefficient (Wildman–Crippen LogP) is 4.11. The number of thiophene rings is 1. The number of rotatable bonds is 11. The summed E-state index contributed by atoms with van der Waals surface area (Å²) in [5, 5.41) is 20.5. The summed E-state index contributed by atoms with van der Waals surface area (Å²) in [6.07, 6.45) is -0.669. The second kappa shape index (κ2) is 10.7. The highest BCUT2D eigenvalue weighted by Crippen LogP contribution is 2.36. The van der Waals surface area contributed by atoms with E-state index in [4.69, 9.17) is 14.2 Å². The Morgan fingerprint density at radius 3 is 2.48 bits per heavy atom. The van der Waals surface area contributed by atoms with Crippen LogP contribution < -0.4 is 19.5 Å². The van der Waals surface area contributed by atoms with Crippen LogP contribution >= 0.6 is 11.3 Å². The number of methoxy groups -OCH3 is 1. The molecule has 33 heavy (non-hydrogen) atoms. The molecule has 2 atom stereocenters. The lowest BCUT2D eigenvalue weighted by Gasteiger charge is -2.19. The van der Waals surface area contributed by atoms with E-state index in [1.165, 1.54) is 0 Å². The number of aliphatic hydroxyl groups is 1. The molecule has 0 saturated heterocycles. The fraction of sp³-hybridized carbons (Fsp3) is 0.320. The molecule has 2 heterocycles. The highest BCUT2D eigenvalue weighted by atomic mass is 32.1. The summed E-state index contributed by atoms with van der Waals surface area (Å²) in [7, 11) is 3.56. The molecule has 174 valence electrons. The summed E-state index contributed by atoms with van der Waals surface area (Å²) in [6, 6.07) is 17.4. The van der Waals surface area contributed by atoms with Gasteiger partial charge in [0.05, 0.1) is 17.3 Å². The number of aromatic nitrogens is 2. The van der Waals surface area contributed by atoms with Crippen LogP contribution in [0.25, 0.3) is 21.5 Å². The lowest BCUT2D eigenvalue weighted by molar-refractivity contribution is 0.102. The third-order valence-corrected chi connectivity index (χ3v) is 6.20. The second-order valence-corrected chi connectivity index (χ2v) is 8.76. The minimum atomic E-state index is -0.669. The van der Waals surface area contributed by atoms with Crippen LogP contribution in [0.4, 0.5) is 0 Å². The third kappa shape index (κ3) is 5.47. The van der Waals surface area contributed by atoms with E-state index in [0.717, 1.165) is 21.5 Å². The highest BCUT2D eigenvalue weighted by molar-refractivity contribution is 7.17. The SMILES string of the molecule is COc1ccccc1OCC(C)NCC(O)COc1ccccc1-c1nn(C)c2ccsc12. The van der Waals surface area contributed by atoms with Crippen molar-refractivity contribution >= 4 is 21.6 Å². The van der Waals surface area contributed by atoms with E-state index in [9.17, 15) is 5.11 Å². The van der Waals surface area contributed by atoms with Crippen LogP contribution in [0.15, 0.2) is 60.0 Å². The van der Waals surface area contributed by atoms with E-state index < -0.39 is 6.10 Å². The summed E-state index contributed by atoms with van der Waals surface area (Å²) in [6.45, 7) is 3.01. The van der Waals surface area contributed by atoms with Crippen LogP contribution in [0.2, 0.25) is 0 Å². The Balaban J connectivity index is 1.30. The molecule has 0 saturated carbocycles. The van der Waals surface area contributed by atoms with Gasteiger partial charge in [0.25, 0.3) is 0 Å². The first kappa shape index (κ1) is 23.1. The van der Waals surface area contributed by atoms with Crippen LogP contribution in [0.5, 0.6) is 17.2 Å². The summed E-state index contributed by atoms with van der Waals surface area (Å²) < 4.78 is 20.1. The van der Waals surface area contributed by atoms with Crippen molar-refractivity contribution in [2.45, 2.75) is 19.1 Å². The molecule has 2 aromatic heterocycles. The molecule has 0 radical (unpaired) electrons. The number of para-hydroxylation sites is 3. The minimum Gasteiger partial charge on any atom is -0.493 e. The van der Waals surface area contributed by atoms with Gasteiger partial charge in [-0.3, -0.25) is 4.68 Å². The standard InChI is InChI=1S/C25H29N3O4S/c1-17(15-31-23-11-7-6-10-22(23)30-3)26-14-18(29)16-32-21-9-5-4-8-19(21)24-25-20(12-13-33-25)28(2)27-24/h4-13,17-18,26,29H,14-16H2,1-3H3. The van der Waals surface area contributed by atoms with Crippen molar-refractivity contribution in [2.24, 2.45) is 7.05 Å². The molecule has 0 aliphatic rings. The summed E-state index contributed by atoms with van der Waals surface area (Å²) >= 11 is 1.66. The van der Waals surface area contributed by atoms with E-state index in [2.05, 4.69) is 21.9 Å². The monoisotopic (exact) mass is 467 g/mol. The molecular weight excluding hydrogens is 438 g/mol. The second-order valence-electron chi connectivity index (χ2n) is 7.84. The molecule has 7 nitrogen and oxygen atoms in total. The Labute approximate surface area is 197 Å². The van der Waals surface area contributed by atoms with Crippen molar-refractivity contribution in [3.8, 4) is 28.5 Å². The average Bonchev–Trinajstić information content (AvgIpc) is 3.44. The van der Waals surface area contributed by atoms with Crippen LogP contribution in [-0.4, -0.2) is 53.9 Å². The van der Waals surface area contributed by atoms with Gasteiger partial charge in [0.15, 0.2) is 11.5 Å². The van der Waals surface area contributed by atoms with Crippen molar-refractivity contribution in [2.75, 3.05) is 26.9 Å². The van der Waals surface area contributed by atoms with E-state index in [1.54, 1.807) is 18.4 Å². The Morgan fingerprint density at radius 2 is 1.70 bits per heavy atom. The number of fused-ring (bicyclic) bond motifs is 1. The number of hydrogen-bond acceptors (Lipinski definition) is 7. The number of benzene rings is 2. The summed E-state index contributed by atoms with van der Waals surface area (Å²) in [4.78, 5) is 0. The van der Waals surface area contributed by atoms with Gasteiger partial charge in [-0.2, -0.15) is 5.10 Å². The zero-order valence-corrected chi connectivity index (χ0v) is 19.8. The molecule has 0 aliphatic heterocycles. The van der Waals surface area contributed by atoms with Gasteiger partial charge >= 0.3 is 0 Å². The first-order chi connectivity index (χ1) is 16.1. The van der Waals surface area contributed by atoms with Crippen LogP contribution in [-0.2, 0) is 7.05 Å². The number of hydrogen-bond donors (Lipinski definition) is 2. The van der Waals surface area contributed by atoms with Crippen molar-refractivity contribution < 1.29 is 19.3 Å². The molecule has 0 spiro atoms. The van der Waals surface area contributed by atoms with Crippen LogP contribution in [0.1, 0.15) is 6.92 Å². The molecule has 8 heteroatoms. The normalized spacial score (nSPS) is 13.1. The van der Waals surface area contributed by atoms with Crippen molar-refractivity contribution in [1.29, 1.82) is 0 Å². The van der Waals surface area contributed by atoms with Crippen molar-refractivity contribution in [3.63, 3.8) is 0 Å². The Kier molecular flexibility index (Phi) is 7.49. The molecule has 4 rings (SSSR count). The van der Waals surface area contributed by atoms with Crippen molar-refractivity contribution in [1.82, 2.24) is 15.1 Å². The fourth-order valence-corrected chi connectivity index (χ4v) is 4.46. The van der Waals surface area contributed by atoms with E-state index in [0.29, 0.717) is 30.4 Å². The fourth-order valence-electron chi connectivity index (χ4n) is 3.54. The third-order valence-electron chi connectivity index (χ3n) is 5.29. The van der Waals surface area contributed by atoms with Gasteiger partial charge in [-0.05, 0) is 42.6 Å². The molecule has 4 aromatic rings. The number of ether oxygens (including phenoxy) is 3.